The molecule has 1 unspecified atom stereocenters. The fourth-order valence-electron chi connectivity index (χ4n) is 1.78. The highest BCUT2D eigenvalue weighted by Gasteiger charge is 2.07. The Morgan fingerprint density at radius 3 is 2.72 bits per heavy atom. The average molecular weight is 252 g/mol. The predicted molar refractivity (Wildman–Crippen MR) is 76.0 cm³/mol. The van der Waals surface area contributed by atoms with Crippen molar-refractivity contribution < 1.29 is 9.84 Å². The van der Waals surface area contributed by atoms with Crippen LogP contribution in [0.3, 0.4) is 0 Å². The molecule has 4 heteroatoms. The first-order chi connectivity index (χ1) is 8.69. The molecule has 0 aromatic heterocycles. The molecule has 1 rings (SSSR count). The highest BCUT2D eigenvalue weighted by molar-refractivity contribution is 5.59. The van der Waals surface area contributed by atoms with Crippen molar-refractivity contribution in [3.05, 3.63) is 18.2 Å². The van der Waals surface area contributed by atoms with Crippen LogP contribution < -0.4 is 15.8 Å². The van der Waals surface area contributed by atoms with Gasteiger partial charge in [-0.2, -0.15) is 0 Å². The van der Waals surface area contributed by atoms with Gasteiger partial charge >= 0.3 is 0 Å². The molecule has 0 amide bonds. The Bertz CT molecular complexity index is 356. The summed E-state index contributed by atoms with van der Waals surface area (Å²) in [6.45, 7) is 5.04. The molecule has 0 fully saturated rings. The second kappa shape index (κ2) is 7.82. The van der Waals surface area contributed by atoms with E-state index in [-0.39, 0.29) is 12.6 Å². The van der Waals surface area contributed by atoms with Gasteiger partial charge in [0.15, 0.2) is 0 Å². The Morgan fingerprint density at radius 1 is 1.33 bits per heavy atom. The molecule has 102 valence electrons. The molecule has 0 radical (unpaired) electrons. The molecule has 0 heterocycles. The van der Waals surface area contributed by atoms with E-state index in [0.717, 1.165) is 30.7 Å². The first kappa shape index (κ1) is 14.6. The summed E-state index contributed by atoms with van der Waals surface area (Å²) in [6, 6.07) is 5.93. The van der Waals surface area contributed by atoms with Gasteiger partial charge in [0.05, 0.1) is 6.61 Å². The summed E-state index contributed by atoms with van der Waals surface area (Å²) in [5.74, 6) is 0.790. The summed E-state index contributed by atoms with van der Waals surface area (Å²) in [5, 5.41) is 12.3. The molecular formula is C14H24N2O2. The number of hydrogen-bond donors (Lipinski definition) is 3. The van der Waals surface area contributed by atoms with E-state index in [0.29, 0.717) is 12.3 Å². The summed E-state index contributed by atoms with van der Waals surface area (Å²) in [4.78, 5) is 0. The minimum Gasteiger partial charge on any atom is -0.493 e. The van der Waals surface area contributed by atoms with Crippen LogP contribution in [0.25, 0.3) is 0 Å². The Morgan fingerprint density at radius 2 is 2.11 bits per heavy atom. The molecule has 4 nitrogen and oxygen atoms in total. The molecular weight excluding hydrogens is 228 g/mol. The minimum absolute atomic E-state index is 0.188. The Kier molecular flexibility index (Phi) is 6.36. The number of nitrogen functional groups attached to an aromatic ring is 1. The van der Waals surface area contributed by atoms with Crippen LogP contribution in [0.15, 0.2) is 18.2 Å². The maximum atomic E-state index is 8.98. The first-order valence-electron chi connectivity index (χ1n) is 6.60. The highest BCUT2D eigenvalue weighted by Crippen LogP contribution is 2.24. The van der Waals surface area contributed by atoms with Crippen molar-refractivity contribution in [2.75, 3.05) is 24.3 Å². The minimum atomic E-state index is 0.188. The summed E-state index contributed by atoms with van der Waals surface area (Å²) in [7, 11) is 0. The summed E-state index contributed by atoms with van der Waals surface area (Å²) in [5.41, 5.74) is 7.48. The smallest absolute Gasteiger partial charge is 0.123 e. The normalized spacial score (nSPS) is 12.2. The number of hydrogen-bond acceptors (Lipinski definition) is 4. The summed E-state index contributed by atoms with van der Waals surface area (Å²) >= 11 is 0. The lowest BCUT2D eigenvalue weighted by atomic mass is 10.1. The maximum absolute atomic E-state index is 8.98. The number of benzene rings is 1. The van der Waals surface area contributed by atoms with Crippen LogP contribution >= 0.6 is 0 Å². The maximum Gasteiger partial charge on any atom is 0.123 e. The van der Waals surface area contributed by atoms with Crippen LogP contribution in [-0.4, -0.2) is 24.4 Å². The van der Waals surface area contributed by atoms with E-state index >= 15 is 0 Å². The number of nitrogens with two attached hydrogens (primary N) is 1. The van der Waals surface area contributed by atoms with Crippen molar-refractivity contribution in [2.24, 2.45) is 0 Å². The van der Waals surface area contributed by atoms with Crippen molar-refractivity contribution in [1.82, 2.24) is 0 Å². The van der Waals surface area contributed by atoms with Crippen LogP contribution in [0.5, 0.6) is 5.75 Å². The summed E-state index contributed by atoms with van der Waals surface area (Å²) in [6.07, 6.45) is 2.66. The third-order valence-corrected chi connectivity index (χ3v) is 2.74. The Labute approximate surface area is 109 Å². The molecule has 0 aliphatic heterocycles. The molecule has 0 bridgehead atoms. The molecule has 1 atom stereocenters. The fourth-order valence-corrected chi connectivity index (χ4v) is 1.78. The van der Waals surface area contributed by atoms with Crippen LogP contribution in [0.4, 0.5) is 11.4 Å². The van der Waals surface area contributed by atoms with Crippen molar-refractivity contribution in [2.45, 2.75) is 39.2 Å². The van der Waals surface area contributed by atoms with Gasteiger partial charge in [-0.25, -0.2) is 0 Å². The van der Waals surface area contributed by atoms with Gasteiger partial charge in [-0.15, -0.1) is 0 Å². The van der Waals surface area contributed by atoms with Crippen molar-refractivity contribution in [3.63, 3.8) is 0 Å². The first-order valence-corrected chi connectivity index (χ1v) is 6.60. The third-order valence-electron chi connectivity index (χ3n) is 2.74. The topological polar surface area (TPSA) is 67.5 Å². The van der Waals surface area contributed by atoms with Gasteiger partial charge in [0.1, 0.15) is 5.75 Å². The van der Waals surface area contributed by atoms with E-state index < -0.39 is 0 Å². The zero-order chi connectivity index (χ0) is 13.4. The van der Waals surface area contributed by atoms with Crippen molar-refractivity contribution in [3.8, 4) is 5.75 Å². The second-order valence-electron chi connectivity index (χ2n) is 4.40. The Hall–Kier alpha value is -1.42. The van der Waals surface area contributed by atoms with Gasteiger partial charge < -0.3 is 20.9 Å². The van der Waals surface area contributed by atoms with Crippen molar-refractivity contribution >= 4 is 11.4 Å². The lowest BCUT2D eigenvalue weighted by Crippen LogP contribution is -2.19. The molecule has 0 aliphatic carbocycles. The molecule has 0 saturated heterocycles. The van der Waals surface area contributed by atoms with Gasteiger partial charge in [-0.3, -0.25) is 0 Å². The van der Waals surface area contributed by atoms with Gasteiger partial charge in [-0.1, -0.05) is 13.8 Å². The number of aliphatic hydroxyl groups excluding tert-OH is 1. The zero-order valence-electron chi connectivity index (χ0n) is 11.3. The van der Waals surface area contributed by atoms with Gasteiger partial charge in [0, 0.05) is 36.2 Å². The van der Waals surface area contributed by atoms with E-state index in [4.69, 9.17) is 15.6 Å². The molecule has 4 N–H and O–H groups in total. The largest absolute Gasteiger partial charge is 0.493 e. The van der Waals surface area contributed by atoms with Crippen LogP contribution in [-0.2, 0) is 0 Å². The molecule has 18 heavy (non-hydrogen) atoms. The third kappa shape index (κ3) is 4.84. The van der Waals surface area contributed by atoms with E-state index in [1.54, 1.807) is 0 Å². The number of aliphatic hydroxyl groups is 1. The molecule has 0 saturated carbocycles. The number of anilines is 2. The standard InChI is InChI=1S/C14H24N2O2/c1-3-7-18-14-9-11(15)8-13(10-14)16-12(4-2)5-6-17/h8-10,12,16-17H,3-7,15H2,1-2H3. The van der Waals surface area contributed by atoms with Crippen molar-refractivity contribution in [1.29, 1.82) is 0 Å². The second-order valence-corrected chi connectivity index (χ2v) is 4.40. The van der Waals surface area contributed by atoms with E-state index in [9.17, 15) is 0 Å². The lowest BCUT2D eigenvalue weighted by molar-refractivity contribution is 0.278. The van der Waals surface area contributed by atoms with E-state index in [2.05, 4.69) is 19.2 Å². The van der Waals surface area contributed by atoms with E-state index in [1.807, 2.05) is 18.2 Å². The molecule has 0 aliphatic rings. The monoisotopic (exact) mass is 252 g/mol. The average Bonchev–Trinajstić information content (AvgIpc) is 2.35. The molecule has 1 aromatic rings. The summed E-state index contributed by atoms with van der Waals surface area (Å²) < 4.78 is 5.58. The highest BCUT2D eigenvalue weighted by atomic mass is 16.5. The van der Waals surface area contributed by atoms with Crippen LogP contribution in [0.2, 0.25) is 0 Å². The van der Waals surface area contributed by atoms with Crippen LogP contribution in [0.1, 0.15) is 33.1 Å². The quantitative estimate of drug-likeness (QED) is 0.622. The van der Waals surface area contributed by atoms with Crippen LogP contribution in [0, 0.1) is 0 Å². The zero-order valence-corrected chi connectivity index (χ0v) is 11.3. The van der Waals surface area contributed by atoms with Gasteiger partial charge in [0.2, 0.25) is 0 Å². The number of rotatable bonds is 8. The Balaban J connectivity index is 2.71. The fraction of sp³-hybridized carbons (Fsp3) is 0.571. The lowest BCUT2D eigenvalue weighted by Gasteiger charge is -2.18. The van der Waals surface area contributed by atoms with Gasteiger partial charge in [-0.05, 0) is 25.3 Å². The number of nitrogens with one attached hydrogen (secondary N) is 1. The number of ether oxygens (including phenoxy) is 1. The van der Waals surface area contributed by atoms with E-state index in [1.165, 1.54) is 0 Å². The molecule has 0 spiro atoms. The van der Waals surface area contributed by atoms with Gasteiger partial charge in [0.25, 0.3) is 0 Å². The molecule has 1 aromatic carbocycles. The predicted octanol–water partition coefficient (Wildman–Crippen LogP) is 2.63. The SMILES string of the molecule is CCCOc1cc(N)cc(NC(CC)CCO)c1.